The van der Waals surface area contributed by atoms with E-state index in [2.05, 4.69) is 34.3 Å². The summed E-state index contributed by atoms with van der Waals surface area (Å²) in [6.45, 7) is 4.30. The van der Waals surface area contributed by atoms with Crippen LogP contribution < -0.4 is 4.74 Å². The molecule has 94 valence electrons. The van der Waals surface area contributed by atoms with Crippen LogP contribution in [0.5, 0.6) is 5.75 Å². The van der Waals surface area contributed by atoms with Crippen molar-refractivity contribution in [2.24, 2.45) is 0 Å². The largest absolute Gasteiger partial charge is 0.488 e. The van der Waals surface area contributed by atoms with Crippen molar-refractivity contribution in [1.29, 1.82) is 0 Å². The zero-order chi connectivity index (χ0) is 13.5. The summed E-state index contributed by atoms with van der Waals surface area (Å²) >= 11 is 3.38. The van der Waals surface area contributed by atoms with Gasteiger partial charge in [0, 0.05) is 15.6 Å². The number of ether oxygens (including phenoxy) is 1. The highest BCUT2D eigenvalue weighted by molar-refractivity contribution is 9.10. The molecule has 0 heterocycles. The summed E-state index contributed by atoms with van der Waals surface area (Å²) in [7, 11) is 0. The molecule has 0 unspecified atom stereocenters. The number of hydrogen-bond acceptors (Lipinski definition) is 1. The molecule has 0 radical (unpaired) electrons. The fourth-order valence-electron chi connectivity index (χ4n) is 1.42. The Kier molecular flexibility index (Phi) is 4.83. The Labute approximate surface area is 122 Å². The Morgan fingerprint density at radius 3 is 2.42 bits per heavy atom. The molecular formula is C17H13BrO. The predicted octanol–water partition coefficient (Wildman–Crippen LogP) is 4.44. The smallest absolute Gasteiger partial charge is 0.120 e. The van der Waals surface area contributed by atoms with E-state index in [9.17, 15) is 0 Å². The molecule has 2 heteroatoms. The molecule has 0 saturated heterocycles. The Morgan fingerprint density at radius 2 is 1.74 bits per heavy atom. The number of hydrogen-bond donors (Lipinski definition) is 0. The van der Waals surface area contributed by atoms with Gasteiger partial charge in [0.05, 0.1) is 0 Å². The standard InChI is InChI=1S/C17H13BrO/c1-14(7-8-15-5-3-2-4-6-15)13-19-17-11-9-16(18)10-12-17/h2-6,9-12H,1,13H2. The summed E-state index contributed by atoms with van der Waals surface area (Å²) < 4.78 is 6.62. The summed E-state index contributed by atoms with van der Waals surface area (Å²) in [6, 6.07) is 17.5. The normalized spacial score (nSPS) is 9.32. The minimum absolute atomic E-state index is 0.404. The summed E-state index contributed by atoms with van der Waals surface area (Å²) in [5, 5.41) is 0. The molecule has 2 aromatic carbocycles. The average molecular weight is 313 g/mol. The molecule has 0 atom stereocenters. The van der Waals surface area contributed by atoms with Crippen LogP contribution in [0.25, 0.3) is 0 Å². The van der Waals surface area contributed by atoms with Gasteiger partial charge in [0.1, 0.15) is 12.4 Å². The van der Waals surface area contributed by atoms with E-state index in [1.54, 1.807) is 0 Å². The number of rotatable bonds is 3. The van der Waals surface area contributed by atoms with Crippen LogP contribution in [0.1, 0.15) is 5.56 Å². The van der Waals surface area contributed by atoms with Crippen LogP contribution in [0.2, 0.25) is 0 Å². The highest BCUT2D eigenvalue weighted by atomic mass is 79.9. The lowest BCUT2D eigenvalue weighted by Gasteiger charge is -2.04. The molecule has 2 rings (SSSR count). The van der Waals surface area contributed by atoms with Gasteiger partial charge in [-0.3, -0.25) is 0 Å². The van der Waals surface area contributed by atoms with Crippen molar-refractivity contribution < 1.29 is 4.74 Å². The molecule has 0 saturated carbocycles. The molecule has 0 fully saturated rings. The lowest BCUT2D eigenvalue weighted by atomic mass is 10.2. The van der Waals surface area contributed by atoms with E-state index in [0.29, 0.717) is 6.61 Å². The van der Waals surface area contributed by atoms with E-state index in [-0.39, 0.29) is 0 Å². The van der Waals surface area contributed by atoms with Crippen LogP contribution in [0, 0.1) is 11.8 Å². The molecular weight excluding hydrogens is 300 g/mol. The van der Waals surface area contributed by atoms with Gasteiger partial charge in [0.2, 0.25) is 0 Å². The Morgan fingerprint density at radius 1 is 1.05 bits per heavy atom. The van der Waals surface area contributed by atoms with Gasteiger partial charge in [-0.1, -0.05) is 52.5 Å². The molecule has 0 aliphatic carbocycles. The van der Waals surface area contributed by atoms with Crippen LogP contribution in [-0.4, -0.2) is 6.61 Å². The second-order valence-corrected chi connectivity index (χ2v) is 4.88. The Balaban J connectivity index is 1.89. The highest BCUT2D eigenvalue weighted by Crippen LogP contribution is 2.16. The Bertz CT molecular complexity index is 603. The fraction of sp³-hybridized carbons (Fsp3) is 0.0588. The van der Waals surface area contributed by atoms with Crippen molar-refractivity contribution >= 4 is 15.9 Å². The average Bonchev–Trinajstić information content (AvgIpc) is 2.45. The summed E-state index contributed by atoms with van der Waals surface area (Å²) in [5.41, 5.74) is 1.74. The minimum atomic E-state index is 0.404. The highest BCUT2D eigenvalue weighted by Gasteiger charge is 1.94. The second-order valence-electron chi connectivity index (χ2n) is 3.96. The van der Waals surface area contributed by atoms with Crippen LogP contribution in [0.3, 0.4) is 0 Å². The zero-order valence-electron chi connectivity index (χ0n) is 10.4. The first-order chi connectivity index (χ1) is 9.24. The monoisotopic (exact) mass is 312 g/mol. The van der Waals surface area contributed by atoms with Gasteiger partial charge >= 0.3 is 0 Å². The molecule has 0 bridgehead atoms. The lowest BCUT2D eigenvalue weighted by molar-refractivity contribution is 0.357. The molecule has 2 aromatic rings. The third-order valence-corrected chi connectivity index (χ3v) is 2.91. The first-order valence-corrected chi connectivity index (χ1v) is 6.66. The van der Waals surface area contributed by atoms with Crippen molar-refractivity contribution in [2.45, 2.75) is 0 Å². The van der Waals surface area contributed by atoms with Crippen molar-refractivity contribution in [1.82, 2.24) is 0 Å². The topological polar surface area (TPSA) is 9.23 Å². The first kappa shape index (κ1) is 13.5. The van der Waals surface area contributed by atoms with Gasteiger partial charge in [-0.15, -0.1) is 0 Å². The predicted molar refractivity (Wildman–Crippen MR) is 82.1 cm³/mol. The third kappa shape index (κ3) is 4.65. The third-order valence-electron chi connectivity index (χ3n) is 2.38. The maximum atomic E-state index is 5.59. The van der Waals surface area contributed by atoms with Gasteiger partial charge in [0.15, 0.2) is 0 Å². The number of benzene rings is 2. The van der Waals surface area contributed by atoms with Crippen LogP contribution in [0.4, 0.5) is 0 Å². The number of halogens is 1. The maximum Gasteiger partial charge on any atom is 0.120 e. The van der Waals surface area contributed by atoms with E-state index in [4.69, 9.17) is 4.74 Å². The van der Waals surface area contributed by atoms with E-state index >= 15 is 0 Å². The van der Waals surface area contributed by atoms with Gasteiger partial charge in [-0.05, 0) is 36.4 Å². The molecule has 0 amide bonds. The molecule has 0 aliphatic heterocycles. The van der Waals surface area contributed by atoms with Crippen molar-refractivity contribution in [2.75, 3.05) is 6.61 Å². The minimum Gasteiger partial charge on any atom is -0.488 e. The maximum absolute atomic E-state index is 5.59. The van der Waals surface area contributed by atoms with Crippen LogP contribution in [-0.2, 0) is 0 Å². The van der Waals surface area contributed by atoms with Gasteiger partial charge < -0.3 is 4.74 Å². The van der Waals surface area contributed by atoms with Gasteiger partial charge in [0.25, 0.3) is 0 Å². The summed E-state index contributed by atoms with van der Waals surface area (Å²) in [6.07, 6.45) is 0. The first-order valence-electron chi connectivity index (χ1n) is 5.87. The van der Waals surface area contributed by atoms with Gasteiger partial charge in [-0.25, -0.2) is 0 Å². The van der Waals surface area contributed by atoms with E-state index < -0.39 is 0 Å². The zero-order valence-corrected chi connectivity index (χ0v) is 12.0. The SMILES string of the molecule is C=C(C#Cc1ccccc1)COc1ccc(Br)cc1. The molecule has 0 N–H and O–H groups in total. The van der Waals surface area contributed by atoms with Gasteiger partial charge in [-0.2, -0.15) is 0 Å². The quantitative estimate of drug-likeness (QED) is 0.762. The molecule has 1 nitrogen and oxygen atoms in total. The van der Waals surface area contributed by atoms with Crippen molar-refractivity contribution in [3.63, 3.8) is 0 Å². The molecule has 0 spiro atoms. The van der Waals surface area contributed by atoms with Crippen molar-refractivity contribution in [3.05, 3.63) is 76.8 Å². The van der Waals surface area contributed by atoms with E-state index in [1.807, 2.05) is 54.6 Å². The molecule has 0 aliphatic rings. The Hall–Kier alpha value is -1.98. The second kappa shape index (κ2) is 6.82. The van der Waals surface area contributed by atoms with Crippen LogP contribution >= 0.6 is 15.9 Å². The fourth-order valence-corrected chi connectivity index (χ4v) is 1.68. The molecule has 19 heavy (non-hydrogen) atoms. The van der Waals surface area contributed by atoms with E-state index in [1.165, 1.54) is 0 Å². The van der Waals surface area contributed by atoms with Crippen LogP contribution in [0.15, 0.2) is 71.2 Å². The summed E-state index contributed by atoms with van der Waals surface area (Å²) in [5.74, 6) is 6.87. The molecule has 0 aromatic heterocycles. The summed E-state index contributed by atoms with van der Waals surface area (Å²) in [4.78, 5) is 0. The van der Waals surface area contributed by atoms with E-state index in [0.717, 1.165) is 21.4 Å². The lowest BCUT2D eigenvalue weighted by Crippen LogP contribution is -1.98. The van der Waals surface area contributed by atoms with Crippen molar-refractivity contribution in [3.8, 4) is 17.6 Å².